The van der Waals surface area contributed by atoms with E-state index in [1.807, 2.05) is 18.7 Å². The number of amidine groups is 1. The predicted octanol–water partition coefficient (Wildman–Crippen LogP) is -0.459. The summed E-state index contributed by atoms with van der Waals surface area (Å²) in [6.45, 7) is 5.93. The van der Waals surface area contributed by atoms with Gasteiger partial charge in [-0.3, -0.25) is 19.2 Å². The first-order valence-electron chi connectivity index (χ1n) is 9.13. The van der Waals surface area contributed by atoms with Crippen LogP contribution in [-0.4, -0.2) is 107 Å². The highest BCUT2D eigenvalue weighted by molar-refractivity contribution is 6.25. The number of hydrogen-bond acceptors (Lipinski definition) is 4. The van der Waals surface area contributed by atoms with Gasteiger partial charge in [-0.25, -0.2) is 9.69 Å². The molecule has 3 amide bonds. The average molecular weight is 366 g/mol. The lowest BCUT2D eigenvalue weighted by atomic mass is 10.1. The number of carbonyl (C=O) groups excluding carboxylic acids is 2. The molecule has 2 fully saturated rings. The van der Waals surface area contributed by atoms with Crippen LogP contribution in [0.5, 0.6) is 0 Å². The summed E-state index contributed by atoms with van der Waals surface area (Å²) in [4.78, 5) is 34.0. The largest absolute Gasteiger partial charge is 0.392 e. The lowest BCUT2D eigenvalue weighted by Crippen LogP contribution is -2.63. The van der Waals surface area contributed by atoms with E-state index < -0.39 is 18.2 Å². The molecule has 0 bridgehead atoms. The van der Waals surface area contributed by atoms with Gasteiger partial charge in [0.15, 0.2) is 0 Å². The number of hydrogen-bond donors (Lipinski definition) is 1. The molecule has 0 aliphatic carbocycles. The SMILES string of the molecule is CC(C)OCC(O)CN1C(=[N+]2CCCC2)N=C2C1C(=O)N(C)C(=O)N2C. The molecule has 0 spiro atoms. The molecule has 3 aliphatic heterocycles. The molecule has 9 nitrogen and oxygen atoms in total. The molecular formula is C17H28N5O4+. The summed E-state index contributed by atoms with van der Waals surface area (Å²) in [5.41, 5.74) is 0. The Kier molecular flexibility index (Phi) is 5.29. The smallest absolute Gasteiger partial charge is 0.387 e. The fourth-order valence-corrected chi connectivity index (χ4v) is 3.53. The molecule has 3 heterocycles. The van der Waals surface area contributed by atoms with Gasteiger partial charge in [-0.1, -0.05) is 4.99 Å². The van der Waals surface area contributed by atoms with Crippen LogP contribution < -0.4 is 0 Å². The highest BCUT2D eigenvalue weighted by Gasteiger charge is 2.55. The van der Waals surface area contributed by atoms with Gasteiger partial charge in [0, 0.05) is 14.1 Å². The zero-order valence-electron chi connectivity index (χ0n) is 15.9. The van der Waals surface area contributed by atoms with Crippen molar-refractivity contribution in [2.24, 2.45) is 4.99 Å². The lowest BCUT2D eigenvalue weighted by molar-refractivity contribution is -0.511. The van der Waals surface area contributed by atoms with Crippen molar-refractivity contribution in [2.75, 3.05) is 40.3 Å². The zero-order chi connectivity index (χ0) is 19.0. The molecule has 0 radical (unpaired) electrons. The summed E-state index contributed by atoms with van der Waals surface area (Å²) in [6, 6.07) is -1.08. The fraction of sp³-hybridized carbons (Fsp3) is 0.765. The maximum Gasteiger partial charge on any atom is 0.392 e. The topological polar surface area (TPSA) is 88.7 Å². The maximum atomic E-state index is 12.8. The number of likely N-dealkylation sites (N-methyl/N-ethyl adjacent to an activating group) is 2. The first-order chi connectivity index (χ1) is 12.3. The second-order valence-corrected chi connectivity index (χ2v) is 7.29. The van der Waals surface area contributed by atoms with E-state index in [-0.39, 0.29) is 25.2 Å². The van der Waals surface area contributed by atoms with Crippen molar-refractivity contribution in [2.45, 2.75) is 44.9 Å². The van der Waals surface area contributed by atoms with Gasteiger partial charge in [0.05, 0.1) is 32.3 Å². The monoisotopic (exact) mass is 366 g/mol. The summed E-state index contributed by atoms with van der Waals surface area (Å²) >= 11 is 0. The van der Waals surface area contributed by atoms with Crippen LogP contribution in [0.1, 0.15) is 26.7 Å². The van der Waals surface area contributed by atoms with Crippen LogP contribution in [0, 0.1) is 0 Å². The van der Waals surface area contributed by atoms with E-state index in [9.17, 15) is 14.7 Å². The number of aliphatic imine (C=N–C) groups is 1. The van der Waals surface area contributed by atoms with Gasteiger partial charge in [0.1, 0.15) is 6.10 Å². The molecule has 0 aromatic heterocycles. The molecule has 3 aliphatic rings. The number of guanidine groups is 1. The van der Waals surface area contributed by atoms with Crippen LogP contribution in [0.4, 0.5) is 4.79 Å². The third-order valence-electron chi connectivity index (χ3n) is 4.93. The number of ether oxygens (including phenoxy) is 1. The molecule has 0 saturated carbocycles. The van der Waals surface area contributed by atoms with Gasteiger partial charge in [-0.05, 0) is 26.7 Å². The number of carbonyl (C=O) groups is 2. The number of fused-ring (bicyclic) bond motifs is 1. The highest BCUT2D eigenvalue weighted by atomic mass is 16.5. The Morgan fingerprint density at radius 2 is 1.88 bits per heavy atom. The molecule has 9 heteroatoms. The number of rotatable bonds is 5. The molecule has 2 saturated heterocycles. The van der Waals surface area contributed by atoms with E-state index in [2.05, 4.69) is 9.57 Å². The molecule has 3 rings (SSSR count). The maximum absolute atomic E-state index is 12.8. The van der Waals surface area contributed by atoms with Crippen molar-refractivity contribution >= 4 is 23.7 Å². The zero-order valence-corrected chi connectivity index (χ0v) is 15.9. The normalized spacial score (nSPS) is 24.8. The van der Waals surface area contributed by atoms with Gasteiger partial charge >= 0.3 is 12.0 Å². The Morgan fingerprint density at radius 1 is 1.23 bits per heavy atom. The average Bonchev–Trinajstić information content (AvgIpc) is 3.24. The minimum Gasteiger partial charge on any atom is -0.387 e. The fourth-order valence-electron chi connectivity index (χ4n) is 3.53. The van der Waals surface area contributed by atoms with Crippen LogP contribution in [0.2, 0.25) is 0 Å². The molecule has 26 heavy (non-hydrogen) atoms. The summed E-state index contributed by atoms with van der Waals surface area (Å²) in [5, 5.41) is 10.4. The Hall–Kier alpha value is -2.00. The van der Waals surface area contributed by atoms with E-state index in [1.54, 1.807) is 7.05 Å². The second kappa shape index (κ2) is 7.32. The third kappa shape index (κ3) is 3.33. The first kappa shape index (κ1) is 18.8. The van der Waals surface area contributed by atoms with Gasteiger partial charge in [-0.2, -0.15) is 0 Å². The van der Waals surface area contributed by atoms with E-state index in [4.69, 9.17) is 4.74 Å². The lowest BCUT2D eigenvalue weighted by Gasteiger charge is -2.33. The minimum atomic E-state index is -0.759. The van der Waals surface area contributed by atoms with Crippen molar-refractivity contribution in [1.29, 1.82) is 0 Å². The van der Waals surface area contributed by atoms with E-state index >= 15 is 0 Å². The van der Waals surface area contributed by atoms with Gasteiger partial charge in [0.25, 0.3) is 5.91 Å². The molecule has 0 aromatic carbocycles. The molecule has 144 valence electrons. The molecule has 1 N–H and O–H groups in total. The van der Waals surface area contributed by atoms with Crippen LogP contribution in [-0.2, 0) is 9.53 Å². The standard InChI is InChI=1S/C17H28N5O4/c1-11(2)26-10-12(23)9-22-13-14(18-16(22)21-7-5-6-8-21)19(3)17(25)20(4)15(13)24/h11-13,23H,5-10H2,1-4H3/q+1. The van der Waals surface area contributed by atoms with Gasteiger partial charge < -0.3 is 9.84 Å². The van der Waals surface area contributed by atoms with Crippen LogP contribution in [0.25, 0.3) is 0 Å². The summed E-state index contributed by atoms with van der Waals surface area (Å²) in [7, 11) is 3.10. The van der Waals surface area contributed by atoms with Crippen LogP contribution in [0.3, 0.4) is 0 Å². The van der Waals surface area contributed by atoms with E-state index in [0.29, 0.717) is 11.8 Å². The Labute approximate surface area is 153 Å². The molecular weight excluding hydrogens is 338 g/mol. The van der Waals surface area contributed by atoms with Crippen molar-refractivity contribution in [1.82, 2.24) is 14.7 Å². The van der Waals surface area contributed by atoms with Gasteiger partial charge in [-0.15, -0.1) is 0 Å². The quantitative estimate of drug-likeness (QED) is 0.665. The summed E-state index contributed by atoms with van der Waals surface area (Å²) in [5.74, 6) is 0.768. The summed E-state index contributed by atoms with van der Waals surface area (Å²) in [6.07, 6.45) is 1.39. The number of imide groups is 1. The summed E-state index contributed by atoms with van der Waals surface area (Å²) < 4.78 is 7.62. The van der Waals surface area contributed by atoms with E-state index in [0.717, 1.165) is 30.8 Å². The third-order valence-corrected chi connectivity index (χ3v) is 4.93. The van der Waals surface area contributed by atoms with Crippen LogP contribution in [0.15, 0.2) is 4.99 Å². The highest BCUT2D eigenvalue weighted by Crippen LogP contribution is 2.24. The minimum absolute atomic E-state index is 0.0169. The Morgan fingerprint density at radius 3 is 2.50 bits per heavy atom. The first-order valence-corrected chi connectivity index (χ1v) is 9.13. The Bertz CT molecular complexity index is 652. The van der Waals surface area contributed by atoms with Crippen molar-refractivity contribution in [3.63, 3.8) is 0 Å². The number of urea groups is 1. The molecule has 2 unspecified atom stereocenters. The van der Waals surface area contributed by atoms with Crippen molar-refractivity contribution in [3.05, 3.63) is 0 Å². The number of aliphatic hydroxyl groups is 1. The predicted molar refractivity (Wildman–Crippen MR) is 95.2 cm³/mol. The molecule has 0 aromatic rings. The Balaban J connectivity index is 1.90. The van der Waals surface area contributed by atoms with Gasteiger partial charge in [0.2, 0.25) is 11.9 Å². The van der Waals surface area contributed by atoms with Crippen LogP contribution >= 0.6 is 0 Å². The number of nitrogens with zero attached hydrogens (tertiary/aromatic N) is 5. The van der Waals surface area contributed by atoms with E-state index in [1.165, 1.54) is 11.9 Å². The second-order valence-electron chi connectivity index (χ2n) is 7.29. The number of aliphatic hydroxyl groups excluding tert-OH is 1. The van der Waals surface area contributed by atoms with Crippen molar-refractivity contribution in [3.8, 4) is 0 Å². The number of β-amino-alcohol motifs (C(OH)–C–C–N with tert-alkyl or cyclic N) is 1. The van der Waals surface area contributed by atoms with Crippen molar-refractivity contribution < 1.29 is 24.0 Å². The number of amides is 3. The molecule has 2 atom stereocenters.